The number of aromatic amines is 1. The first-order valence-electron chi connectivity index (χ1n) is 8.44. The predicted octanol–water partition coefficient (Wildman–Crippen LogP) is 5.50. The third kappa shape index (κ3) is 3.34. The molecule has 1 aromatic heterocycles. The maximum absolute atomic E-state index is 13.1. The van der Waals surface area contributed by atoms with Crippen molar-refractivity contribution in [2.45, 2.75) is 6.18 Å². The zero-order chi connectivity index (χ0) is 19.7. The Morgan fingerprint density at radius 3 is 2.46 bits per heavy atom. The van der Waals surface area contributed by atoms with E-state index >= 15 is 0 Å². The van der Waals surface area contributed by atoms with Crippen molar-refractivity contribution < 1.29 is 18.0 Å². The maximum Gasteiger partial charge on any atom is 0.418 e. The zero-order valence-corrected chi connectivity index (χ0v) is 14.4. The van der Waals surface area contributed by atoms with Crippen LogP contribution in [0.25, 0.3) is 22.0 Å². The number of anilines is 1. The number of aromatic nitrogens is 2. The molecule has 1 amide bonds. The quantitative estimate of drug-likeness (QED) is 0.492. The molecule has 0 spiro atoms. The minimum absolute atomic E-state index is 0.0694. The van der Waals surface area contributed by atoms with Gasteiger partial charge in [-0.15, -0.1) is 0 Å². The SMILES string of the molecule is O=C(Nc1ccccc1C(F)(F)F)c1cc(-c2cccc3ccccc23)n[nH]1. The first-order valence-corrected chi connectivity index (χ1v) is 8.44. The summed E-state index contributed by atoms with van der Waals surface area (Å²) in [6.07, 6.45) is -4.56. The lowest BCUT2D eigenvalue weighted by Gasteiger charge is -2.12. The van der Waals surface area contributed by atoms with Crippen LogP contribution in [0.3, 0.4) is 0 Å². The number of carbonyl (C=O) groups is 1. The van der Waals surface area contributed by atoms with Crippen LogP contribution >= 0.6 is 0 Å². The highest BCUT2D eigenvalue weighted by molar-refractivity contribution is 6.04. The number of halogens is 3. The number of hydrogen-bond acceptors (Lipinski definition) is 2. The number of nitrogens with zero attached hydrogens (tertiary/aromatic N) is 1. The summed E-state index contributed by atoms with van der Waals surface area (Å²) in [6, 6.07) is 19.8. The second-order valence-corrected chi connectivity index (χ2v) is 6.19. The van der Waals surface area contributed by atoms with Crippen molar-refractivity contribution in [3.8, 4) is 11.3 Å². The van der Waals surface area contributed by atoms with E-state index in [4.69, 9.17) is 0 Å². The van der Waals surface area contributed by atoms with Gasteiger partial charge in [0.25, 0.3) is 5.91 Å². The number of nitrogens with one attached hydrogen (secondary N) is 2. The van der Waals surface area contributed by atoms with Gasteiger partial charge in [-0.2, -0.15) is 18.3 Å². The molecule has 0 bridgehead atoms. The molecular weight excluding hydrogens is 367 g/mol. The molecule has 0 atom stereocenters. The molecular formula is C21H14F3N3O. The van der Waals surface area contributed by atoms with Crippen molar-refractivity contribution in [1.82, 2.24) is 10.2 Å². The highest BCUT2D eigenvalue weighted by Gasteiger charge is 2.33. The van der Waals surface area contributed by atoms with Crippen LogP contribution in [0.2, 0.25) is 0 Å². The highest BCUT2D eigenvalue weighted by atomic mass is 19.4. The summed E-state index contributed by atoms with van der Waals surface area (Å²) < 4.78 is 39.3. The number of para-hydroxylation sites is 1. The molecule has 0 radical (unpaired) electrons. The Hall–Kier alpha value is -3.61. The third-order valence-electron chi connectivity index (χ3n) is 4.37. The van der Waals surface area contributed by atoms with Gasteiger partial charge in [-0.05, 0) is 29.0 Å². The normalized spacial score (nSPS) is 11.5. The van der Waals surface area contributed by atoms with Crippen molar-refractivity contribution in [1.29, 1.82) is 0 Å². The van der Waals surface area contributed by atoms with E-state index < -0.39 is 17.6 Å². The van der Waals surface area contributed by atoms with E-state index in [0.717, 1.165) is 22.4 Å². The summed E-state index contributed by atoms with van der Waals surface area (Å²) >= 11 is 0. The van der Waals surface area contributed by atoms with Crippen molar-refractivity contribution >= 4 is 22.4 Å². The van der Waals surface area contributed by atoms with Crippen molar-refractivity contribution in [2.75, 3.05) is 5.32 Å². The lowest BCUT2D eigenvalue weighted by molar-refractivity contribution is -0.136. The lowest BCUT2D eigenvalue weighted by Crippen LogP contribution is -2.16. The van der Waals surface area contributed by atoms with E-state index in [-0.39, 0.29) is 11.4 Å². The van der Waals surface area contributed by atoms with Crippen LogP contribution < -0.4 is 5.32 Å². The van der Waals surface area contributed by atoms with Crippen LogP contribution in [0.1, 0.15) is 16.1 Å². The molecule has 0 aliphatic rings. The fourth-order valence-corrected chi connectivity index (χ4v) is 3.05. The largest absolute Gasteiger partial charge is 0.418 e. The lowest BCUT2D eigenvalue weighted by atomic mass is 10.0. The van der Waals surface area contributed by atoms with Gasteiger partial charge in [-0.1, -0.05) is 54.6 Å². The van der Waals surface area contributed by atoms with E-state index in [1.807, 2.05) is 42.5 Å². The first kappa shape index (κ1) is 17.8. The molecule has 0 aliphatic carbocycles. The van der Waals surface area contributed by atoms with Crippen molar-refractivity contribution in [3.05, 3.63) is 84.1 Å². The monoisotopic (exact) mass is 381 g/mol. The van der Waals surface area contributed by atoms with Gasteiger partial charge < -0.3 is 5.32 Å². The average Bonchev–Trinajstić information content (AvgIpc) is 3.17. The minimum atomic E-state index is -4.56. The minimum Gasteiger partial charge on any atom is -0.320 e. The number of hydrogen-bond donors (Lipinski definition) is 2. The molecule has 4 aromatic rings. The van der Waals surface area contributed by atoms with Gasteiger partial charge in [-0.3, -0.25) is 9.89 Å². The molecule has 3 aromatic carbocycles. The molecule has 4 nitrogen and oxygen atoms in total. The van der Waals surface area contributed by atoms with Gasteiger partial charge in [0.1, 0.15) is 5.69 Å². The third-order valence-corrected chi connectivity index (χ3v) is 4.37. The maximum atomic E-state index is 13.1. The molecule has 0 saturated heterocycles. The number of carbonyl (C=O) groups excluding carboxylic acids is 1. The first-order chi connectivity index (χ1) is 13.4. The second kappa shape index (κ2) is 6.84. The Kier molecular flexibility index (Phi) is 4.35. The Balaban J connectivity index is 1.64. The average molecular weight is 381 g/mol. The Morgan fingerprint density at radius 2 is 1.64 bits per heavy atom. The summed E-state index contributed by atoms with van der Waals surface area (Å²) in [7, 11) is 0. The Morgan fingerprint density at radius 1 is 0.929 bits per heavy atom. The van der Waals surface area contributed by atoms with Crippen LogP contribution in [-0.2, 0) is 6.18 Å². The molecule has 0 unspecified atom stereocenters. The standard InChI is InChI=1S/C21H14F3N3O/c22-21(23,24)16-10-3-4-11-17(16)25-20(28)19-12-18(26-27-19)15-9-5-7-13-6-1-2-8-14(13)15/h1-12H,(H,25,28)(H,26,27). The Labute approximate surface area is 158 Å². The Bertz CT molecular complexity index is 1160. The second-order valence-electron chi connectivity index (χ2n) is 6.19. The number of rotatable bonds is 3. The van der Waals surface area contributed by atoms with Crippen molar-refractivity contribution in [2.24, 2.45) is 0 Å². The fraction of sp³-hybridized carbons (Fsp3) is 0.0476. The van der Waals surface area contributed by atoms with Crippen molar-refractivity contribution in [3.63, 3.8) is 0 Å². The predicted molar refractivity (Wildman–Crippen MR) is 101 cm³/mol. The number of alkyl halides is 3. The van der Waals surface area contributed by atoms with Crippen LogP contribution in [0, 0.1) is 0 Å². The van der Waals surface area contributed by atoms with Gasteiger partial charge in [0, 0.05) is 5.56 Å². The van der Waals surface area contributed by atoms with Crippen LogP contribution in [0.4, 0.5) is 18.9 Å². The molecule has 7 heteroatoms. The molecule has 28 heavy (non-hydrogen) atoms. The van der Waals surface area contributed by atoms with E-state index in [9.17, 15) is 18.0 Å². The molecule has 2 N–H and O–H groups in total. The van der Waals surface area contributed by atoms with Gasteiger partial charge in [0.05, 0.1) is 16.9 Å². The fourth-order valence-electron chi connectivity index (χ4n) is 3.05. The highest BCUT2D eigenvalue weighted by Crippen LogP contribution is 2.35. The van der Waals surface area contributed by atoms with Crippen LogP contribution in [-0.4, -0.2) is 16.1 Å². The van der Waals surface area contributed by atoms with E-state index in [1.165, 1.54) is 24.3 Å². The number of fused-ring (bicyclic) bond motifs is 1. The molecule has 0 aliphatic heterocycles. The smallest absolute Gasteiger partial charge is 0.320 e. The summed E-state index contributed by atoms with van der Waals surface area (Å²) in [4.78, 5) is 12.5. The van der Waals surface area contributed by atoms with E-state index in [0.29, 0.717) is 5.69 Å². The summed E-state index contributed by atoms with van der Waals surface area (Å²) in [5, 5.41) is 11.1. The topological polar surface area (TPSA) is 57.8 Å². The molecule has 140 valence electrons. The van der Waals surface area contributed by atoms with Crippen LogP contribution in [0.5, 0.6) is 0 Å². The molecule has 0 saturated carbocycles. The number of H-pyrrole nitrogens is 1. The molecule has 0 fully saturated rings. The summed E-state index contributed by atoms with van der Waals surface area (Å²) in [6.45, 7) is 0. The number of amides is 1. The van der Waals surface area contributed by atoms with Gasteiger partial charge in [0.15, 0.2) is 0 Å². The van der Waals surface area contributed by atoms with Gasteiger partial charge in [0.2, 0.25) is 0 Å². The van der Waals surface area contributed by atoms with Crippen LogP contribution in [0.15, 0.2) is 72.8 Å². The number of benzene rings is 3. The van der Waals surface area contributed by atoms with Gasteiger partial charge in [-0.25, -0.2) is 0 Å². The summed E-state index contributed by atoms with van der Waals surface area (Å²) in [5.74, 6) is -0.698. The molecule has 1 heterocycles. The molecule has 4 rings (SSSR count). The summed E-state index contributed by atoms with van der Waals surface area (Å²) in [5.41, 5.74) is 0.216. The van der Waals surface area contributed by atoms with E-state index in [2.05, 4.69) is 15.5 Å². The zero-order valence-electron chi connectivity index (χ0n) is 14.4. The van der Waals surface area contributed by atoms with E-state index in [1.54, 1.807) is 0 Å². The van der Waals surface area contributed by atoms with Gasteiger partial charge >= 0.3 is 6.18 Å².